The van der Waals surface area contributed by atoms with E-state index >= 15 is 0 Å². The van der Waals surface area contributed by atoms with Crippen LogP contribution < -0.4 is 5.32 Å². The molecule has 1 fully saturated rings. The molecule has 2 rings (SSSR count). The lowest BCUT2D eigenvalue weighted by Crippen LogP contribution is -2.40. The fraction of sp³-hybridized carbons (Fsp3) is 0.571. The van der Waals surface area contributed by atoms with E-state index in [1.165, 1.54) is 24.0 Å². The van der Waals surface area contributed by atoms with Crippen LogP contribution in [-0.4, -0.2) is 29.0 Å². The van der Waals surface area contributed by atoms with E-state index < -0.39 is 5.60 Å². The van der Waals surface area contributed by atoms with E-state index in [4.69, 9.17) is 5.11 Å². The Bertz CT molecular complexity index is 372. The predicted molar refractivity (Wildman–Crippen MR) is 67.8 cm³/mol. The van der Waals surface area contributed by atoms with E-state index in [0.717, 1.165) is 12.5 Å². The summed E-state index contributed by atoms with van der Waals surface area (Å²) in [5, 5.41) is 21.8. The molecule has 0 radical (unpaired) electrons. The van der Waals surface area contributed by atoms with E-state index in [0.29, 0.717) is 6.54 Å². The van der Waals surface area contributed by atoms with Crippen LogP contribution in [0.4, 0.5) is 0 Å². The molecule has 0 saturated heterocycles. The Hall–Kier alpha value is -0.900. The highest BCUT2D eigenvalue weighted by Gasteiger charge is 2.25. The van der Waals surface area contributed by atoms with Gasteiger partial charge in [0, 0.05) is 13.1 Å². The number of benzene rings is 1. The highest BCUT2D eigenvalue weighted by Crippen LogP contribution is 2.41. The van der Waals surface area contributed by atoms with E-state index in [9.17, 15) is 5.11 Å². The van der Waals surface area contributed by atoms with Gasteiger partial charge in [0.15, 0.2) is 0 Å². The van der Waals surface area contributed by atoms with Crippen LogP contribution in [0.5, 0.6) is 0 Å². The Morgan fingerprint density at radius 1 is 1.35 bits per heavy atom. The molecule has 0 aromatic heterocycles. The maximum absolute atomic E-state index is 9.68. The summed E-state index contributed by atoms with van der Waals surface area (Å²) in [5.74, 6) is 0.742. The fourth-order valence-electron chi connectivity index (χ4n) is 2.01. The molecule has 94 valence electrons. The minimum atomic E-state index is -1.03. The summed E-state index contributed by atoms with van der Waals surface area (Å²) in [7, 11) is 0. The summed E-state index contributed by atoms with van der Waals surface area (Å²) < 4.78 is 0. The third-order valence-corrected chi connectivity index (χ3v) is 3.23. The van der Waals surface area contributed by atoms with Crippen molar-refractivity contribution in [2.75, 3.05) is 13.2 Å². The van der Waals surface area contributed by atoms with Gasteiger partial charge < -0.3 is 15.5 Å². The summed E-state index contributed by atoms with van der Waals surface area (Å²) in [6.45, 7) is 2.57. The lowest BCUT2D eigenvalue weighted by Gasteiger charge is -2.21. The first-order valence-corrected chi connectivity index (χ1v) is 6.24. The van der Waals surface area contributed by atoms with Crippen LogP contribution in [0.25, 0.3) is 0 Å². The number of aliphatic hydroxyl groups excluding tert-OH is 1. The van der Waals surface area contributed by atoms with Gasteiger partial charge in [0.2, 0.25) is 0 Å². The van der Waals surface area contributed by atoms with Crippen LogP contribution in [0.15, 0.2) is 24.3 Å². The summed E-state index contributed by atoms with van der Waals surface area (Å²) >= 11 is 0. The van der Waals surface area contributed by atoms with Gasteiger partial charge in [-0.25, -0.2) is 0 Å². The number of rotatable bonds is 6. The van der Waals surface area contributed by atoms with Crippen molar-refractivity contribution < 1.29 is 10.2 Å². The lowest BCUT2D eigenvalue weighted by atomic mass is 10.0. The molecule has 0 heterocycles. The van der Waals surface area contributed by atoms with Gasteiger partial charge in [0.25, 0.3) is 0 Å². The second-order valence-corrected chi connectivity index (χ2v) is 5.23. The largest absolute Gasteiger partial charge is 0.393 e. The molecular formula is C14H21NO2. The molecule has 1 aromatic carbocycles. The molecule has 1 unspecified atom stereocenters. The van der Waals surface area contributed by atoms with Gasteiger partial charge in [0.1, 0.15) is 0 Å². The Balaban J connectivity index is 1.90. The molecule has 17 heavy (non-hydrogen) atoms. The van der Waals surface area contributed by atoms with Gasteiger partial charge in [-0.05, 0) is 36.8 Å². The third kappa shape index (κ3) is 3.53. The van der Waals surface area contributed by atoms with E-state index in [1.807, 2.05) is 6.07 Å². The molecule has 0 bridgehead atoms. The van der Waals surface area contributed by atoms with Crippen molar-refractivity contribution in [3.8, 4) is 0 Å². The average molecular weight is 235 g/mol. The maximum Gasteiger partial charge on any atom is 0.0972 e. The summed E-state index contributed by atoms with van der Waals surface area (Å²) in [4.78, 5) is 0. The van der Waals surface area contributed by atoms with Gasteiger partial charge in [0.05, 0.1) is 12.2 Å². The number of nitrogens with one attached hydrogen (secondary N) is 1. The van der Waals surface area contributed by atoms with Gasteiger partial charge >= 0.3 is 0 Å². The van der Waals surface area contributed by atoms with Crippen molar-refractivity contribution >= 4 is 0 Å². The second-order valence-electron chi connectivity index (χ2n) is 5.23. The Labute approximate surface area is 102 Å². The van der Waals surface area contributed by atoms with Crippen molar-refractivity contribution in [2.24, 2.45) is 0 Å². The van der Waals surface area contributed by atoms with Crippen LogP contribution in [0, 0.1) is 0 Å². The second kappa shape index (κ2) is 5.17. The quantitative estimate of drug-likeness (QED) is 0.698. The topological polar surface area (TPSA) is 52.5 Å². The van der Waals surface area contributed by atoms with Crippen molar-refractivity contribution in [2.45, 2.75) is 37.8 Å². The number of hydrogen-bond acceptors (Lipinski definition) is 3. The van der Waals surface area contributed by atoms with Crippen molar-refractivity contribution in [3.63, 3.8) is 0 Å². The maximum atomic E-state index is 9.68. The van der Waals surface area contributed by atoms with Crippen LogP contribution in [0.3, 0.4) is 0 Å². The lowest BCUT2D eigenvalue weighted by molar-refractivity contribution is 0.00253. The van der Waals surface area contributed by atoms with Crippen LogP contribution >= 0.6 is 0 Å². The smallest absolute Gasteiger partial charge is 0.0972 e. The van der Waals surface area contributed by atoms with Crippen LogP contribution in [0.2, 0.25) is 0 Å². The predicted octanol–water partition coefficient (Wildman–Crippen LogP) is 1.40. The van der Waals surface area contributed by atoms with Gasteiger partial charge in [-0.2, -0.15) is 0 Å². The third-order valence-electron chi connectivity index (χ3n) is 3.23. The Morgan fingerprint density at radius 2 is 2.06 bits per heavy atom. The molecule has 3 N–H and O–H groups in total. The van der Waals surface area contributed by atoms with E-state index in [1.54, 1.807) is 6.92 Å². The normalized spacial score (nSPS) is 19.0. The Morgan fingerprint density at radius 3 is 2.71 bits per heavy atom. The average Bonchev–Trinajstić information content (AvgIpc) is 3.14. The van der Waals surface area contributed by atoms with Gasteiger partial charge in [-0.1, -0.05) is 24.3 Å². The molecule has 1 aliphatic rings. The first-order valence-electron chi connectivity index (χ1n) is 6.24. The zero-order valence-corrected chi connectivity index (χ0v) is 10.3. The number of aliphatic hydroxyl groups is 2. The molecule has 1 aromatic rings. The monoisotopic (exact) mass is 235 g/mol. The molecule has 3 nitrogen and oxygen atoms in total. The highest BCUT2D eigenvalue weighted by molar-refractivity contribution is 5.33. The summed E-state index contributed by atoms with van der Waals surface area (Å²) in [5.41, 5.74) is 1.71. The molecule has 1 aliphatic carbocycles. The van der Waals surface area contributed by atoms with Crippen molar-refractivity contribution in [3.05, 3.63) is 35.4 Å². The highest BCUT2D eigenvalue weighted by atomic mass is 16.3. The molecular weight excluding hydrogens is 214 g/mol. The number of hydrogen-bond donors (Lipinski definition) is 3. The minimum absolute atomic E-state index is 0.218. The molecule has 0 spiro atoms. The zero-order valence-electron chi connectivity index (χ0n) is 10.3. The minimum Gasteiger partial charge on any atom is -0.393 e. The van der Waals surface area contributed by atoms with Crippen molar-refractivity contribution in [1.82, 2.24) is 5.32 Å². The van der Waals surface area contributed by atoms with Gasteiger partial charge in [-0.3, -0.25) is 0 Å². The fourth-order valence-corrected chi connectivity index (χ4v) is 2.01. The zero-order chi connectivity index (χ0) is 12.3. The standard InChI is InChI=1S/C14H21NO2/c1-14(17,10-16)9-15-8-12-4-2-3-5-13(12)11-6-7-11/h2-5,11,15-17H,6-10H2,1H3. The molecule has 3 heteroatoms. The van der Waals surface area contributed by atoms with Crippen LogP contribution in [-0.2, 0) is 6.54 Å². The van der Waals surface area contributed by atoms with Gasteiger partial charge in [-0.15, -0.1) is 0 Å². The van der Waals surface area contributed by atoms with E-state index in [2.05, 4.69) is 23.5 Å². The summed E-state index contributed by atoms with van der Waals surface area (Å²) in [6.07, 6.45) is 2.59. The first kappa shape index (κ1) is 12.6. The molecule has 0 amide bonds. The van der Waals surface area contributed by atoms with Crippen molar-refractivity contribution in [1.29, 1.82) is 0 Å². The molecule has 1 atom stereocenters. The molecule has 1 saturated carbocycles. The summed E-state index contributed by atoms with van der Waals surface area (Å²) in [6, 6.07) is 8.46. The molecule has 0 aliphatic heterocycles. The van der Waals surface area contributed by atoms with E-state index in [-0.39, 0.29) is 6.61 Å². The van der Waals surface area contributed by atoms with Crippen LogP contribution in [0.1, 0.15) is 36.8 Å². The first-order chi connectivity index (χ1) is 8.12. The Kier molecular flexibility index (Phi) is 3.82. The SMILES string of the molecule is CC(O)(CO)CNCc1ccccc1C1CC1.